The molecular formula is C21H22N2O4S. The lowest BCUT2D eigenvalue weighted by atomic mass is 10.1. The highest BCUT2D eigenvalue weighted by molar-refractivity contribution is 7.99. The summed E-state index contributed by atoms with van der Waals surface area (Å²) in [7, 11) is 0. The molecule has 0 unspecified atom stereocenters. The van der Waals surface area contributed by atoms with Crippen LogP contribution in [0.2, 0.25) is 0 Å². The number of fused-ring (bicyclic) bond motifs is 1. The van der Waals surface area contributed by atoms with Crippen molar-refractivity contribution in [3.05, 3.63) is 64.4 Å². The van der Waals surface area contributed by atoms with Crippen molar-refractivity contribution < 1.29 is 14.6 Å². The Kier molecular flexibility index (Phi) is 6.49. The molecule has 0 radical (unpaired) electrons. The van der Waals surface area contributed by atoms with Gasteiger partial charge in [0.25, 0.3) is 5.56 Å². The fourth-order valence-corrected chi connectivity index (χ4v) is 3.70. The summed E-state index contributed by atoms with van der Waals surface area (Å²) in [4.78, 5) is 28.5. The highest BCUT2D eigenvalue weighted by Gasteiger charge is 2.13. The van der Waals surface area contributed by atoms with E-state index in [4.69, 9.17) is 4.74 Å². The van der Waals surface area contributed by atoms with Gasteiger partial charge in [-0.1, -0.05) is 23.9 Å². The van der Waals surface area contributed by atoms with Gasteiger partial charge in [-0.25, -0.2) is 4.98 Å². The fourth-order valence-electron chi connectivity index (χ4n) is 2.73. The Bertz CT molecular complexity index is 1030. The molecule has 0 saturated carbocycles. The van der Waals surface area contributed by atoms with Crippen LogP contribution < -0.4 is 10.3 Å². The summed E-state index contributed by atoms with van der Waals surface area (Å²) in [6, 6.07) is 14.0. The van der Waals surface area contributed by atoms with Crippen LogP contribution in [0.15, 0.2) is 58.5 Å². The molecule has 146 valence electrons. The summed E-state index contributed by atoms with van der Waals surface area (Å²) in [5.41, 5.74) is 1.19. The number of aliphatic hydroxyl groups is 1. The van der Waals surface area contributed by atoms with Crippen LogP contribution in [-0.4, -0.2) is 38.9 Å². The van der Waals surface area contributed by atoms with Gasteiger partial charge in [0.05, 0.1) is 17.0 Å². The molecule has 6 nitrogen and oxygen atoms in total. The average Bonchev–Trinajstić information content (AvgIpc) is 2.71. The van der Waals surface area contributed by atoms with Gasteiger partial charge < -0.3 is 9.84 Å². The molecule has 1 N–H and O–H groups in total. The molecule has 0 aliphatic heterocycles. The number of thioether (sulfide) groups is 1. The first-order valence-electron chi connectivity index (χ1n) is 9.04. The van der Waals surface area contributed by atoms with Crippen molar-refractivity contribution in [3.63, 3.8) is 0 Å². The molecule has 2 aromatic carbocycles. The number of aliphatic hydroxyl groups excluding tert-OH is 1. The van der Waals surface area contributed by atoms with E-state index < -0.39 is 6.10 Å². The average molecular weight is 398 g/mol. The van der Waals surface area contributed by atoms with Crippen LogP contribution in [0.1, 0.15) is 24.2 Å². The molecule has 0 spiro atoms. The molecule has 0 bridgehead atoms. The van der Waals surface area contributed by atoms with Gasteiger partial charge in [0.15, 0.2) is 10.9 Å². The van der Waals surface area contributed by atoms with Gasteiger partial charge in [-0.05, 0) is 50.2 Å². The number of carbonyl (C=O) groups excluding carboxylic acids is 1. The minimum Gasteiger partial charge on any atom is -0.491 e. The summed E-state index contributed by atoms with van der Waals surface area (Å²) < 4.78 is 7.19. The topological polar surface area (TPSA) is 81.4 Å². The van der Waals surface area contributed by atoms with Gasteiger partial charge in [-0.2, -0.15) is 0 Å². The van der Waals surface area contributed by atoms with Crippen molar-refractivity contribution in [1.29, 1.82) is 0 Å². The van der Waals surface area contributed by atoms with E-state index in [0.717, 1.165) is 0 Å². The summed E-state index contributed by atoms with van der Waals surface area (Å²) >= 11 is 1.33. The van der Waals surface area contributed by atoms with Gasteiger partial charge in [0, 0.05) is 17.9 Å². The molecule has 0 aliphatic rings. The van der Waals surface area contributed by atoms with E-state index in [1.54, 1.807) is 34.9 Å². The predicted octanol–water partition coefficient (Wildman–Crippen LogP) is 3.15. The van der Waals surface area contributed by atoms with Crippen molar-refractivity contribution in [2.75, 3.05) is 12.4 Å². The van der Waals surface area contributed by atoms with E-state index >= 15 is 0 Å². The third-order valence-corrected chi connectivity index (χ3v) is 5.37. The maximum atomic E-state index is 12.6. The molecule has 7 heteroatoms. The van der Waals surface area contributed by atoms with E-state index in [-0.39, 0.29) is 17.9 Å². The number of aromatic nitrogens is 2. The van der Waals surface area contributed by atoms with Gasteiger partial charge >= 0.3 is 0 Å². The van der Waals surface area contributed by atoms with Gasteiger partial charge in [-0.15, -0.1) is 0 Å². The zero-order valence-electron chi connectivity index (χ0n) is 15.8. The Hall–Kier alpha value is -2.64. The highest BCUT2D eigenvalue weighted by atomic mass is 32.2. The van der Waals surface area contributed by atoms with Gasteiger partial charge in [0.2, 0.25) is 0 Å². The van der Waals surface area contributed by atoms with Crippen molar-refractivity contribution >= 4 is 28.4 Å². The minimum absolute atomic E-state index is 0.00663. The smallest absolute Gasteiger partial charge is 0.262 e. The van der Waals surface area contributed by atoms with E-state index in [9.17, 15) is 14.7 Å². The van der Waals surface area contributed by atoms with Crippen LogP contribution in [0.3, 0.4) is 0 Å². The third kappa shape index (κ3) is 4.61. The number of carbonyl (C=O) groups is 1. The lowest BCUT2D eigenvalue weighted by Gasteiger charge is -2.14. The second kappa shape index (κ2) is 9.03. The van der Waals surface area contributed by atoms with Crippen molar-refractivity contribution in [3.8, 4) is 5.75 Å². The van der Waals surface area contributed by atoms with Crippen LogP contribution in [0.25, 0.3) is 10.9 Å². The molecule has 3 aromatic rings. The Balaban J connectivity index is 1.63. The van der Waals surface area contributed by atoms with Gasteiger partial charge in [-0.3, -0.25) is 14.2 Å². The Morgan fingerprint density at radius 1 is 1.21 bits per heavy atom. The van der Waals surface area contributed by atoms with Gasteiger partial charge in [0.1, 0.15) is 12.4 Å². The number of ketones is 1. The van der Waals surface area contributed by atoms with E-state index in [2.05, 4.69) is 4.98 Å². The normalized spacial score (nSPS) is 12.1. The molecule has 3 rings (SSSR count). The summed E-state index contributed by atoms with van der Waals surface area (Å²) in [6.45, 7) is 4.02. The first-order chi connectivity index (χ1) is 13.5. The first kappa shape index (κ1) is 20.1. The third-order valence-electron chi connectivity index (χ3n) is 4.25. The standard InChI is InChI=1S/C21H22N2O4S/c1-3-23-20(26)18-6-4-5-7-19(18)22-21(23)28-13-16(25)12-27-17-10-8-15(9-11-17)14(2)24/h4-11,16,25H,3,12-13H2,1-2H3/t16-/m0/s1. The Morgan fingerprint density at radius 3 is 2.61 bits per heavy atom. The summed E-state index contributed by atoms with van der Waals surface area (Å²) in [5, 5.41) is 11.4. The molecule has 1 heterocycles. The Morgan fingerprint density at radius 2 is 1.93 bits per heavy atom. The van der Waals surface area contributed by atoms with Crippen molar-refractivity contribution in [1.82, 2.24) is 9.55 Å². The van der Waals surface area contributed by atoms with E-state index in [1.807, 2.05) is 25.1 Å². The van der Waals surface area contributed by atoms with E-state index in [1.165, 1.54) is 18.7 Å². The quantitative estimate of drug-likeness (QED) is 0.357. The number of nitrogens with zero attached hydrogens (tertiary/aromatic N) is 2. The monoisotopic (exact) mass is 398 g/mol. The molecule has 0 aliphatic carbocycles. The van der Waals surface area contributed by atoms with Crippen LogP contribution in [-0.2, 0) is 6.54 Å². The van der Waals surface area contributed by atoms with Crippen LogP contribution in [0.5, 0.6) is 5.75 Å². The first-order valence-corrected chi connectivity index (χ1v) is 10.0. The maximum absolute atomic E-state index is 12.6. The SMILES string of the molecule is CCn1c(SC[C@@H](O)COc2ccc(C(C)=O)cc2)nc2ccccc2c1=O. The highest BCUT2D eigenvalue weighted by Crippen LogP contribution is 2.19. The number of hydrogen-bond acceptors (Lipinski definition) is 6. The fraction of sp³-hybridized carbons (Fsp3) is 0.286. The minimum atomic E-state index is -0.730. The number of rotatable bonds is 8. The number of benzene rings is 2. The Labute approximate surface area is 167 Å². The van der Waals surface area contributed by atoms with E-state index in [0.29, 0.717) is 39.7 Å². The lowest BCUT2D eigenvalue weighted by molar-refractivity contribution is 0.101. The van der Waals surface area contributed by atoms with Crippen LogP contribution in [0, 0.1) is 0 Å². The van der Waals surface area contributed by atoms with Crippen molar-refractivity contribution in [2.24, 2.45) is 0 Å². The molecule has 1 aromatic heterocycles. The van der Waals surface area contributed by atoms with Crippen LogP contribution in [0.4, 0.5) is 0 Å². The van der Waals surface area contributed by atoms with Crippen molar-refractivity contribution in [2.45, 2.75) is 31.7 Å². The second-order valence-electron chi connectivity index (χ2n) is 6.32. The predicted molar refractivity (Wildman–Crippen MR) is 110 cm³/mol. The number of Topliss-reactive ketones (excluding diaryl/α,β-unsaturated/α-hetero) is 1. The lowest BCUT2D eigenvalue weighted by Crippen LogP contribution is -2.24. The largest absolute Gasteiger partial charge is 0.491 e. The zero-order valence-corrected chi connectivity index (χ0v) is 16.6. The molecule has 28 heavy (non-hydrogen) atoms. The molecule has 0 saturated heterocycles. The number of ether oxygens (including phenoxy) is 1. The number of para-hydroxylation sites is 1. The summed E-state index contributed by atoms with van der Waals surface area (Å²) in [5.74, 6) is 0.923. The number of hydrogen-bond donors (Lipinski definition) is 1. The van der Waals surface area contributed by atoms with Crippen LogP contribution >= 0.6 is 11.8 Å². The second-order valence-corrected chi connectivity index (χ2v) is 7.30. The maximum Gasteiger partial charge on any atom is 0.262 e. The molecule has 0 amide bonds. The molecule has 1 atom stereocenters. The zero-order chi connectivity index (χ0) is 20.1. The summed E-state index contributed by atoms with van der Waals surface area (Å²) in [6.07, 6.45) is -0.730. The molecular weight excluding hydrogens is 376 g/mol. The molecule has 0 fully saturated rings.